The predicted molar refractivity (Wildman–Crippen MR) is 93.8 cm³/mol. The van der Waals surface area contributed by atoms with Crippen molar-refractivity contribution >= 4 is 17.6 Å². The van der Waals surface area contributed by atoms with Crippen LogP contribution in [0.25, 0.3) is 0 Å². The lowest BCUT2D eigenvalue weighted by Gasteiger charge is -2.29. The highest BCUT2D eigenvalue weighted by molar-refractivity contribution is 5.96. The van der Waals surface area contributed by atoms with Gasteiger partial charge in [0.1, 0.15) is 0 Å². The van der Waals surface area contributed by atoms with E-state index >= 15 is 0 Å². The molecule has 3 amide bonds. The van der Waals surface area contributed by atoms with Gasteiger partial charge in [-0.15, -0.1) is 0 Å². The molecule has 0 saturated heterocycles. The number of aryl methyl sites for hydroxylation is 1. The average molecular weight is 323 g/mol. The van der Waals surface area contributed by atoms with Gasteiger partial charge in [-0.2, -0.15) is 0 Å². The van der Waals surface area contributed by atoms with Gasteiger partial charge in [-0.05, 0) is 23.6 Å². The van der Waals surface area contributed by atoms with Crippen LogP contribution in [0.3, 0.4) is 0 Å². The van der Waals surface area contributed by atoms with Crippen molar-refractivity contribution in [2.24, 2.45) is 0 Å². The molecule has 0 fully saturated rings. The zero-order valence-electron chi connectivity index (χ0n) is 13.5. The first-order chi connectivity index (χ1) is 11.7. The van der Waals surface area contributed by atoms with E-state index in [1.54, 1.807) is 4.90 Å². The van der Waals surface area contributed by atoms with Gasteiger partial charge in [0.15, 0.2) is 0 Å². The van der Waals surface area contributed by atoms with Gasteiger partial charge < -0.3 is 15.5 Å². The fraction of sp³-hybridized carbons (Fsp3) is 0.263. The van der Waals surface area contributed by atoms with E-state index in [0.717, 1.165) is 17.7 Å². The number of para-hydroxylation sites is 1. The normalized spacial score (nSPS) is 13.3. The van der Waals surface area contributed by atoms with Crippen LogP contribution in [0.4, 0.5) is 10.5 Å². The molecule has 0 aromatic heterocycles. The highest BCUT2D eigenvalue weighted by Gasteiger charge is 2.23. The van der Waals surface area contributed by atoms with E-state index < -0.39 is 0 Å². The number of urea groups is 1. The minimum atomic E-state index is -0.225. The molecule has 1 aliphatic rings. The van der Waals surface area contributed by atoms with Crippen molar-refractivity contribution in [2.45, 2.75) is 19.4 Å². The lowest BCUT2D eigenvalue weighted by molar-refractivity contribution is -0.118. The van der Waals surface area contributed by atoms with E-state index in [-0.39, 0.29) is 11.9 Å². The summed E-state index contributed by atoms with van der Waals surface area (Å²) in [5, 5.41) is 5.62. The third-order valence-electron chi connectivity index (χ3n) is 4.11. The van der Waals surface area contributed by atoms with Crippen molar-refractivity contribution in [3.05, 3.63) is 65.7 Å². The molecular formula is C19H21N3O2. The molecule has 0 radical (unpaired) electrons. The van der Waals surface area contributed by atoms with Crippen molar-refractivity contribution in [1.29, 1.82) is 0 Å². The van der Waals surface area contributed by atoms with Crippen molar-refractivity contribution in [3.8, 4) is 0 Å². The highest BCUT2D eigenvalue weighted by Crippen LogP contribution is 2.26. The van der Waals surface area contributed by atoms with Gasteiger partial charge in [0.2, 0.25) is 5.91 Å². The van der Waals surface area contributed by atoms with Crippen LogP contribution in [0.5, 0.6) is 0 Å². The number of carbonyl (C=O) groups is 2. The summed E-state index contributed by atoms with van der Waals surface area (Å²) in [6.07, 6.45) is 1.31. The third kappa shape index (κ3) is 3.93. The Kier molecular flexibility index (Phi) is 5.11. The standard InChI is InChI=1S/C19H21N3O2/c23-18-11-10-16-8-4-5-9-17(16)22(18)13-12-20-19(24)21-14-15-6-2-1-3-7-15/h1-9H,10-14H2,(H2,20,21,24). The van der Waals surface area contributed by atoms with Gasteiger partial charge in [-0.1, -0.05) is 48.5 Å². The smallest absolute Gasteiger partial charge is 0.315 e. The second-order valence-electron chi connectivity index (χ2n) is 5.77. The van der Waals surface area contributed by atoms with E-state index in [2.05, 4.69) is 16.7 Å². The third-order valence-corrected chi connectivity index (χ3v) is 4.11. The number of hydrogen-bond donors (Lipinski definition) is 2. The van der Waals surface area contributed by atoms with E-state index in [0.29, 0.717) is 26.1 Å². The Morgan fingerprint density at radius 1 is 0.958 bits per heavy atom. The van der Waals surface area contributed by atoms with E-state index in [1.807, 2.05) is 48.5 Å². The molecule has 0 atom stereocenters. The summed E-state index contributed by atoms with van der Waals surface area (Å²) in [6.45, 7) is 1.38. The fourth-order valence-electron chi connectivity index (χ4n) is 2.86. The first-order valence-corrected chi connectivity index (χ1v) is 8.18. The first-order valence-electron chi connectivity index (χ1n) is 8.18. The number of amides is 3. The molecule has 0 bridgehead atoms. The second-order valence-corrected chi connectivity index (χ2v) is 5.77. The minimum absolute atomic E-state index is 0.111. The van der Waals surface area contributed by atoms with Gasteiger partial charge >= 0.3 is 6.03 Å². The van der Waals surface area contributed by atoms with Crippen LogP contribution < -0.4 is 15.5 Å². The van der Waals surface area contributed by atoms with Crippen LogP contribution in [0, 0.1) is 0 Å². The summed E-state index contributed by atoms with van der Waals surface area (Å²) in [7, 11) is 0. The lowest BCUT2D eigenvalue weighted by atomic mass is 10.0. The van der Waals surface area contributed by atoms with Gasteiger partial charge in [-0.25, -0.2) is 4.79 Å². The van der Waals surface area contributed by atoms with Gasteiger partial charge in [0.05, 0.1) is 0 Å². The molecule has 2 aromatic rings. The zero-order valence-corrected chi connectivity index (χ0v) is 13.5. The molecular weight excluding hydrogens is 302 g/mol. The number of nitrogens with zero attached hydrogens (tertiary/aromatic N) is 1. The summed E-state index contributed by atoms with van der Waals surface area (Å²) in [5.74, 6) is 0.111. The number of hydrogen-bond acceptors (Lipinski definition) is 2. The molecule has 5 heteroatoms. The average Bonchev–Trinajstić information content (AvgIpc) is 2.63. The van der Waals surface area contributed by atoms with Crippen molar-refractivity contribution in [3.63, 3.8) is 0 Å². The number of carbonyl (C=O) groups excluding carboxylic acids is 2. The lowest BCUT2D eigenvalue weighted by Crippen LogP contribution is -2.43. The van der Waals surface area contributed by atoms with Gasteiger partial charge in [0, 0.05) is 31.7 Å². The molecule has 5 nitrogen and oxygen atoms in total. The first kappa shape index (κ1) is 16.1. The molecule has 1 aliphatic heterocycles. The second kappa shape index (κ2) is 7.64. The molecule has 0 unspecified atom stereocenters. The van der Waals surface area contributed by atoms with Crippen LogP contribution in [0.15, 0.2) is 54.6 Å². The van der Waals surface area contributed by atoms with E-state index in [4.69, 9.17) is 0 Å². The summed E-state index contributed by atoms with van der Waals surface area (Å²) in [5.41, 5.74) is 3.19. The highest BCUT2D eigenvalue weighted by atomic mass is 16.2. The zero-order chi connectivity index (χ0) is 16.8. The Labute approximate surface area is 141 Å². The number of rotatable bonds is 5. The predicted octanol–water partition coefficient (Wildman–Crippen LogP) is 2.47. The minimum Gasteiger partial charge on any atom is -0.336 e. The molecule has 0 aliphatic carbocycles. The van der Waals surface area contributed by atoms with Gasteiger partial charge in [0.25, 0.3) is 0 Å². The van der Waals surface area contributed by atoms with Crippen molar-refractivity contribution < 1.29 is 9.59 Å². The Hall–Kier alpha value is -2.82. The topological polar surface area (TPSA) is 61.4 Å². The monoisotopic (exact) mass is 323 g/mol. The molecule has 1 heterocycles. The number of anilines is 1. The fourth-order valence-corrected chi connectivity index (χ4v) is 2.86. The number of benzene rings is 2. The van der Waals surface area contributed by atoms with Crippen LogP contribution in [-0.2, 0) is 17.8 Å². The molecule has 124 valence electrons. The Morgan fingerprint density at radius 2 is 1.71 bits per heavy atom. The molecule has 0 saturated carbocycles. The molecule has 2 aromatic carbocycles. The van der Waals surface area contributed by atoms with E-state index in [9.17, 15) is 9.59 Å². The van der Waals surface area contributed by atoms with Crippen molar-refractivity contribution in [1.82, 2.24) is 10.6 Å². The quantitative estimate of drug-likeness (QED) is 0.888. The Morgan fingerprint density at radius 3 is 2.54 bits per heavy atom. The van der Waals surface area contributed by atoms with Crippen molar-refractivity contribution in [2.75, 3.05) is 18.0 Å². The molecule has 3 rings (SSSR count). The maximum Gasteiger partial charge on any atom is 0.315 e. The Bertz CT molecular complexity index is 716. The number of nitrogens with one attached hydrogen (secondary N) is 2. The summed E-state index contributed by atoms with van der Waals surface area (Å²) in [6, 6.07) is 17.5. The van der Waals surface area contributed by atoms with Crippen LogP contribution in [0.2, 0.25) is 0 Å². The molecule has 0 spiro atoms. The maximum absolute atomic E-state index is 12.1. The van der Waals surface area contributed by atoms with Crippen LogP contribution in [-0.4, -0.2) is 25.0 Å². The molecule has 2 N–H and O–H groups in total. The van der Waals surface area contributed by atoms with E-state index in [1.165, 1.54) is 5.56 Å². The SMILES string of the molecule is O=C(NCCN1C(=O)CCc2ccccc21)NCc1ccccc1. The maximum atomic E-state index is 12.1. The largest absolute Gasteiger partial charge is 0.336 e. The van der Waals surface area contributed by atoms with Crippen LogP contribution >= 0.6 is 0 Å². The summed E-state index contributed by atoms with van der Waals surface area (Å²) < 4.78 is 0. The number of fused-ring (bicyclic) bond motifs is 1. The summed E-state index contributed by atoms with van der Waals surface area (Å²) >= 11 is 0. The molecule has 24 heavy (non-hydrogen) atoms. The summed E-state index contributed by atoms with van der Waals surface area (Å²) in [4.78, 5) is 25.8. The van der Waals surface area contributed by atoms with Gasteiger partial charge in [-0.3, -0.25) is 4.79 Å². The Balaban J connectivity index is 1.48. The van der Waals surface area contributed by atoms with Crippen LogP contribution in [0.1, 0.15) is 17.5 Å².